The van der Waals surface area contributed by atoms with Gasteiger partial charge in [0.2, 0.25) is 0 Å². The highest BCUT2D eigenvalue weighted by atomic mass is 79.9. The number of carbonyl (C=O) groups excluding carboxylic acids is 1. The number of thioether (sulfide) groups is 1. The van der Waals surface area contributed by atoms with Crippen LogP contribution in [0.3, 0.4) is 0 Å². The molecule has 3 aromatic carbocycles. The molecule has 0 N–H and O–H groups in total. The van der Waals surface area contributed by atoms with Crippen molar-refractivity contribution in [2.24, 2.45) is 4.99 Å². The smallest absolute Gasteiger partial charge is 0.269 e. The fourth-order valence-corrected chi connectivity index (χ4v) is 4.98. The minimum absolute atomic E-state index is 0.0154. The third kappa shape index (κ3) is 6.17. The van der Waals surface area contributed by atoms with Gasteiger partial charge in [0, 0.05) is 23.2 Å². The van der Waals surface area contributed by atoms with Crippen molar-refractivity contribution in [3.63, 3.8) is 0 Å². The van der Waals surface area contributed by atoms with Crippen LogP contribution in [0.1, 0.15) is 18.1 Å². The normalized spacial score (nSPS) is 15.5. The molecule has 0 aliphatic carbocycles. The van der Waals surface area contributed by atoms with Crippen molar-refractivity contribution in [2.75, 3.05) is 13.7 Å². The predicted molar refractivity (Wildman–Crippen MR) is 145 cm³/mol. The van der Waals surface area contributed by atoms with Crippen LogP contribution in [0.5, 0.6) is 11.5 Å². The lowest BCUT2D eigenvalue weighted by molar-refractivity contribution is -0.384. The molecule has 0 atom stereocenters. The van der Waals surface area contributed by atoms with Crippen LogP contribution in [0.2, 0.25) is 0 Å². The first-order valence-electron chi connectivity index (χ1n) is 11.1. The van der Waals surface area contributed by atoms with Crippen LogP contribution in [-0.2, 0) is 11.4 Å². The van der Waals surface area contributed by atoms with Crippen molar-refractivity contribution in [1.29, 1.82) is 0 Å². The Morgan fingerprint density at radius 1 is 1.16 bits per heavy atom. The van der Waals surface area contributed by atoms with E-state index >= 15 is 0 Å². The summed E-state index contributed by atoms with van der Waals surface area (Å²) in [6.07, 6.45) is 1.74. The van der Waals surface area contributed by atoms with Crippen LogP contribution in [0.15, 0.2) is 75.0 Å². The van der Waals surface area contributed by atoms with E-state index in [1.807, 2.05) is 6.92 Å². The largest absolute Gasteiger partial charge is 0.493 e. The van der Waals surface area contributed by atoms with Crippen LogP contribution in [0.25, 0.3) is 6.08 Å². The summed E-state index contributed by atoms with van der Waals surface area (Å²) < 4.78 is 25.3. The average Bonchev–Trinajstić information content (AvgIpc) is 3.18. The van der Waals surface area contributed by atoms with Gasteiger partial charge in [0.1, 0.15) is 12.4 Å². The summed E-state index contributed by atoms with van der Waals surface area (Å²) in [4.78, 5) is 30.1. The SMILES string of the molecule is CCN1C(=O)/C(=C\c2cc(OC)c(OCc3cccc([N+](=O)[O-])c3)cc2Br)SC1=Nc1ccc(F)cc1. The number of rotatable bonds is 8. The van der Waals surface area contributed by atoms with Gasteiger partial charge in [-0.3, -0.25) is 19.8 Å². The van der Waals surface area contributed by atoms with Crippen molar-refractivity contribution < 1.29 is 23.6 Å². The molecule has 1 fully saturated rings. The van der Waals surface area contributed by atoms with Crippen LogP contribution in [0.4, 0.5) is 15.8 Å². The number of nitrogens with zero attached hydrogens (tertiary/aromatic N) is 3. The van der Waals surface area contributed by atoms with Crippen LogP contribution < -0.4 is 9.47 Å². The quantitative estimate of drug-likeness (QED) is 0.166. The van der Waals surface area contributed by atoms with Crippen molar-refractivity contribution in [3.8, 4) is 11.5 Å². The Morgan fingerprint density at radius 3 is 2.59 bits per heavy atom. The number of hydrogen-bond acceptors (Lipinski definition) is 7. The molecule has 1 aliphatic heterocycles. The highest BCUT2D eigenvalue weighted by Crippen LogP contribution is 2.39. The summed E-state index contributed by atoms with van der Waals surface area (Å²) in [7, 11) is 1.50. The number of ether oxygens (including phenoxy) is 2. The van der Waals surface area contributed by atoms with E-state index in [9.17, 15) is 19.3 Å². The molecule has 1 saturated heterocycles. The minimum atomic E-state index is -0.458. The van der Waals surface area contributed by atoms with Gasteiger partial charge in [0.05, 0.1) is 22.6 Å². The maximum Gasteiger partial charge on any atom is 0.269 e. The maximum atomic E-state index is 13.2. The van der Waals surface area contributed by atoms with Gasteiger partial charge in [-0.15, -0.1) is 0 Å². The molecule has 0 aromatic heterocycles. The summed E-state index contributed by atoms with van der Waals surface area (Å²) in [5.74, 6) is 0.319. The Morgan fingerprint density at radius 2 is 1.92 bits per heavy atom. The predicted octanol–water partition coefficient (Wildman–Crippen LogP) is 6.71. The van der Waals surface area contributed by atoms with Crippen molar-refractivity contribution >= 4 is 56.2 Å². The van der Waals surface area contributed by atoms with E-state index < -0.39 is 4.92 Å². The lowest BCUT2D eigenvalue weighted by Crippen LogP contribution is -2.28. The van der Waals surface area contributed by atoms with Gasteiger partial charge >= 0.3 is 0 Å². The highest BCUT2D eigenvalue weighted by Gasteiger charge is 2.32. The number of benzene rings is 3. The first kappa shape index (κ1) is 26.4. The molecule has 37 heavy (non-hydrogen) atoms. The number of likely N-dealkylation sites (N-methyl/N-ethyl adjacent to an activating group) is 1. The Labute approximate surface area is 225 Å². The number of amides is 1. The monoisotopic (exact) mass is 585 g/mol. The number of aliphatic imine (C=N–C) groups is 1. The van der Waals surface area contributed by atoms with E-state index in [1.165, 1.54) is 43.1 Å². The average molecular weight is 586 g/mol. The van der Waals surface area contributed by atoms with Crippen LogP contribution in [-0.4, -0.2) is 34.6 Å². The molecule has 11 heteroatoms. The summed E-state index contributed by atoms with van der Waals surface area (Å²) >= 11 is 4.76. The molecule has 1 heterocycles. The van der Waals surface area contributed by atoms with Crippen molar-refractivity contribution in [3.05, 3.63) is 97.1 Å². The van der Waals surface area contributed by atoms with E-state index in [1.54, 1.807) is 47.4 Å². The van der Waals surface area contributed by atoms with Gasteiger partial charge in [-0.05, 0) is 72.3 Å². The van der Waals surface area contributed by atoms with Crippen LogP contribution >= 0.6 is 27.7 Å². The second-order valence-corrected chi connectivity index (χ2v) is 9.63. The van der Waals surface area contributed by atoms with Gasteiger partial charge in [0.25, 0.3) is 11.6 Å². The first-order chi connectivity index (χ1) is 17.8. The molecule has 1 amide bonds. The van der Waals surface area contributed by atoms with Gasteiger partial charge < -0.3 is 9.47 Å². The molecular formula is C26H21BrFN3O5S. The van der Waals surface area contributed by atoms with Gasteiger partial charge in [0.15, 0.2) is 16.7 Å². The molecule has 4 rings (SSSR count). The third-order valence-electron chi connectivity index (χ3n) is 5.34. The summed E-state index contributed by atoms with van der Waals surface area (Å²) in [6.45, 7) is 2.39. The fraction of sp³-hybridized carbons (Fsp3) is 0.154. The molecule has 3 aromatic rings. The number of halogens is 2. The molecule has 190 valence electrons. The Kier molecular flexibility index (Phi) is 8.24. The zero-order valence-electron chi connectivity index (χ0n) is 19.8. The second-order valence-electron chi connectivity index (χ2n) is 7.77. The number of nitro benzene ring substituents is 1. The minimum Gasteiger partial charge on any atom is -0.493 e. The second kappa shape index (κ2) is 11.6. The van der Waals surface area contributed by atoms with E-state index in [0.717, 1.165) is 0 Å². The molecule has 0 saturated carbocycles. The summed E-state index contributed by atoms with van der Waals surface area (Å²) in [5.41, 5.74) is 1.86. The van der Waals surface area contributed by atoms with Crippen molar-refractivity contribution in [1.82, 2.24) is 4.90 Å². The number of non-ortho nitro benzene ring substituents is 1. The highest BCUT2D eigenvalue weighted by molar-refractivity contribution is 9.10. The Bertz CT molecular complexity index is 1410. The molecular weight excluding hydrogens is 565 g/mol. The van der Waals surface area contributed by atoms with E-state index in [4.69, 9.17) is 9.47 Å². The van der Waals surface area contributed by atoms with Crippen molar-refractivity contribution in [2.45, 2.75) is 13.5 Å². The molecule has 0 spiro atoms. The number of nitro groups is 1. The fourth-order valence-electron chi connectivity index (χ4n) is 3.49. The zero-order chi connectivity index (χ0) is 26.5. The lowest BCUT2D eigenvalue weighted by Gasteiger charge is -2.13. The summed E-state index contributed by atoms with van der Waals surface area (Å²) in [5, 5.41) is 11.5. The van der Waals surface area contributed by atoms with E-state index in [0.29, 0.717) is 49.4 Å². The molecule has 8 nitrogen and oxygen atoms in total. The third-order valence-corrected chi connectivity index (χ3v) is 7.03. The Hall–Kier alpha value is -3.70. The van der Waals surface area contributed by atoms with Gasteiger partial charge in [-0.1, -0.05) is 28.1 Å². The van der Waals surface area contributed by atoms with Gasteiger partial charge in [-0.25, -0.2) is 9.38 Å². The standard InChI is InChI=1S/C26H21BrFN3O5S/c1-3-30-25(32)24(37-26(30)29-19-9-7-18(28)8-10-19)13-17-12-22(35-2)23(14-21(17)27)36-15-16-5-4-6-20(11-16)31(33)34/h4-14H,3,15H2,1-2H3/b24-13+,29-26?. The Balaban J connectivity index is 1.58. The first-order valence-corrected chi connectivity index (χ1v) is 12.7. The summed E-state index contributed by atoms with van der Waals surface area (Å²) in [6, 6.07) is 15.4. The molecule has 0 unspecified atom stereocenters. The lowest BCUT2D eigenvalue weighted by atomic mass is 10.1. The van der Waals surface area contributed by atoms with E-state index in [-0.39, 0.29) is 24.0 Å². The number of amidine groups is 1. The zero-order valence-corrected chi connectivity index (χ0v) is 22.2. The van der Waals surface area contributed by atoms with E-state index in [2.05, 4.69) is 20.9 Å². The molecule has 0 bridgehead atoms. The topological polar surface area (TPSA) is 94.3 Å². The number of methoxy groups -OCH3 is 1. The molecule has 0 radical (unpaired) electrons. The maximum absolute atomic E-state index is 13.2. The van der Waals surface area contributed by atoms with Crippen LogP contribution in [0, 0.1) is 15.9 Å². The number of carbonyl (C=O) groups is 1. The number of hydrogen-bond donors (Lipinski definition) is 0. The van der Waals surface area contributed by atoms with Gasteiger partial charge in [-0.2, -0.15) is 0 Å². The molecule has 1 aliphatic rings.